The number of rotatable bonds is 5. The van der Waals surface area contributed by atoms with E-state index in [1.54, 1.807) is 25.3 Å². The summed E-state index contributed by atoms with van der Waals surface area (Å²) in [4.78, 5) is 30.3. The molecule has 0 aliphatic rings. The second kappa shape index (κ2) is 9.43. The Bertz CT molecular complexity index is 1830. The van der Waals surface area contributed by atoms with Crippen molar-refractivity contribution in [1.82, 2.24) is 14.8 Å². The lowest BCUT2D eigenvalue weighted by atomic mass is 10.1. The van der Waals surface area contributed by atoms with Crippen LogP contribution < -0.4 is 15.5 Å². The van der Waals surface area contributed by atoms with E-state index in [1.165, 1.54) is 29.3 Å². The molecule has 0 radical (unpaired) electrons. The summed E-state index contributed by atoms with van der Waals surface area (Å²) in [7, 11) is 1.56. The zero-order valence-electron chi connectivity index (χ0n) is 20.3. The first-order chi connectivity index (χ1) is 17.9. The van der Waals surface area contributed by atoms with Gasteiger partial charge in [0.05, 0.1) is 24.3 Å². The fourth-order valence-corrected chi connectivity index (χ4v) is 4.07. The molecule has 0 spiro atoms. The number of amides is 1. The van der Waals surface area contributed by atoms with Crippen molar-refractivity contribution in [3.8, 4) is 17.6 Å². The number of anilines is 1. The number of methoxy groups -OCH3 is 1. The highest BCUT2D eigenvalue weighted by Gasteiger charge is 2.17. The van der Waals surface area contributed by atoms with E-state index in [0.717, 1.165) is 16.5 Å². The van der Waals surface area contributed by atoms with Gasteiger partial charge in [0.15, 0.2) is 17.1 Å². The van der Waals surface area contributed by atoms with Gasteiger partial charge in [-0.1, -0.05) is 23.8 Å². The highest BCUT2D eigenvalue weighted by Crippen LogP contribution is 2.29. The van der Waals surface area contributed by atoms with E-state index in [9.17, 15) is 14.9 Å². The average Bonchev–Trinajstić information content (AvgIpc) is 3.30. The largest absolute Gasteiger partial charge is 0.494 e. The van der Waals surface area contributed by atoms with Gasteiger partial charge in [-0.3, -0.25) is 9.59 Å². The molecule has 0 saturated heterocycles. The van der Waals surface area contributed by atoms with Gasteiger partial charge in [0.2, 0.25) is 5.91 Å². The number of hydrogen-bond donors (Lipinski definition) is 1. The van der Waals surface area contributed by atoms with Crippen LogP contribution in [0.25, 0.3) is 33.8 Å². The maximum atomic E-state index is 12.8. The first-order valence-corrected chi connectivity index (χ1v) is 11.3. The Labute approximate surface area is 211 Å². The minimum Gasteiger partial charge on any atom is -0.494 e. The fourth-order valence-electron chi connectivity index (χ4n) is 4.07. The number of aromatic nitrogens is 3. The van der Waals surface area contributed by atoms with Crippen molar-refractivity contribution in [2.45, 2.75) is 13.8 Å². The number of carbonyl (C=O) groups excluding carboxylic acids is 1. The van der Waals surface area contributed by atoms with Gasteiger partial charge in [-0.15, -0.1) is 0 Å². The third-order valence-corrected chi connectivity index (χ3v) is 5.93. The number of nitrogens with one attached hydrogen (secondary N) is 1. The standard InChI is InChI=1S/C28H21N5O4/c1-16-7-9-22-21(11-16)27(35)18(15-37-22)8-10-25(34)32-28-19(13-29)14-30-33(28)24-12-17(2)20-5-4-6-23(36-3)26(20)31-24/h4-12,14-15H,1-3H3,(H,32,34)/b10-8+. The second-order valence-electron chi connectivity index (χ2n) is 8.43. The predicted octanol–water partition coefficient (Wildman–Crippen LogP) is 4.68. The molecule has 9 heteroatoms. The molecule has 9 nitrogen and oxygen atoms in total. The van der Waals surface area contributed by atoms with E-state index >= 15 is 0 Å². The number of para-hydroxylation sites is 1. The molecule has 3 aromatic heterocycles. The number of nitrogens with zero attached hydrogens (tertiary/aromatic N) is 4. The van der Waals surface area contributed by atoms with Crippen molar-refractivity contribution in [3.05, 3.63) is 93.5 Å². The molecule has 3 heterocycles. The van der Waals surface area contributed by atoms with Gasteiger partial charge in [0, 0.05) is 11.5 Å². The molecule has 0 saturated carbocycles. The summed E-state index contributed by atoms with van der Waals surface area (Å²) in [5.74, 6) is 0.588. The molecule has 0 unspecified atom stereocenters. The molecule has 0 bridgehead atoms. The third kappa shape index (κ3) is 4.32. The minimum atomic E-state index is -0.558. The van der Waals surface area contributed by atoms with Crippen LogP contribution in [0.4, 0.5) is 5.82 Å². The van der Waals surface area contributed by atoms with Crippen molar-refractivity contribution in [2.75, 3.05) is 12.4 Å². The molecule has 2 aromatic carbocycles. The maximum Gasteiger partial charge on any atom is 0.249 e. The van der Waals surface area contributed by atoms with Crippen LogP contribution in [0.1, 0.15) is 22.3 Å². The van der Waals surface area contributed by atoms with E-state index in [0.29, 0.717) is 28.1 Å². The van der Waals surface area contributed by atoms with Gasteiger partial charge >= 0.3 is 0 Å². The van der Waals surface area contributed by atoms with Gasteiger partial charge in [-0.05, 0) is 49.8 Å². The van der Waals surface area contributed by atoms with E-state index in [2.05, 4.69) is 15.4 Å². The highest BCUT2D eigenvalue weighted by atomic mass is 16.5. The van der Waals surface area contributed by atoms with Crippen LogP contribution in [0.5, 0.6) is 5.75 Å². The Morgan fingerprint density at radius 3 is 2.81 bits per heavy atom. The van der Waals surface area contributed by atoms with E-state index in [-0.39, 0.29) is 22.4 Å². The van der Waals surface area contributed by atoms with Gasteiger partial charge in [0.1, 0.15) is 34.7 Å². The van der Waals surface area contributed by atoms with Crippen LogP contribution in [-0.2, 0) is 4.79 Å². The normalized spacial score (nSPS) is 11.2. The number of nitriles is 1. The molecule has 37 heavy (non-hydrogen) atoms. The molecule has 0 aliphatic heterocycles. The Morgan fingerprint density at radius 1 is 1.19 bits per heavy atom. The monoisotopic (exact) mass is 491 g/mol. The van der Waals surface area contributed by atoms with Crippen LogP contribution in [-0.4, -0.2) is 27.8 Å². The van der Waals surface area contributed by atoms with Crippen LogP contribution in [0, 0.1) is 25.2 Å². The highest BCUT2D eigenvalue weighted by molar-refractivity contribution is 6.02. The quantitative estimate of drug-likeness (QED) is 0.354. The first kappa shape index (κ1) is 23.5. The molecule has 182 valence electrons. The van der Waals surface area contributed by atoms with Crippen molar-refractivity contribution >= 4 is 39.7 Å². The number of pyridine rings is 1. The number of benzene rings is 2. The molecule has 5 rings (SSSR count). The molecular formula is C28H21N5O4. The summed E-state index contributed by atoms with van der Waals surface area (Å²) in [5.41, 5.74) is 3.07. The first-order valence-electron chi connectivity index (χ1n) is 11.3. The number of ether oxygens (including phenoxy) is 1. The van der Waals surface area contributed by atoms with E-state index in [1.807, 2.05) is 44.2 Å². The molecular weight excluding hydrogens is 470 g/mol. The summed E-state index contributed by atoms with van der Waals surface area (Å²) in [5, 5.41) is 17.9. The number of hydrogen-bond acceptors (Lipinski definition) is 7. The molecule has 5 aromatic rings. The number of aryl methyl sites for hydroxylation is 2. The van der Waals surface area contributed by atoms with Crippen LogP contribution in [0.15, 0.2) is 70.2 Å². The van der Waals surface area contributed by atoms with Crippen LogP contribution in [0.2, 0.25) is 0 Å². The summed E-state index contributed by atoms with van der Waals surface area (Å²) in [6, 6.07) is 14.8. The Hall–Kier alpha value is -5.23. The van der Waals surface area contributed by atoms with E-state index < -0.39 is 5.91 Å². The second-order valence-corrected chi connectivity index (χ2v) is 8.43. The van der Waals surface area contributed by atoms with Crippen molar-refractivity contribution in [1.29, 1.82) is 5.26 Å². The Morgan fingerprint density at radius 2 is 2.03 bits per heavy atom. The lowest BCUT2D eigenvalue weighted by Gasteiger charge is -2.12. The SMILES string of the molecule is COc1cccc2c(C)cc(-n3ncc(C#N)c3NC(=O)/C=C/c3coc4ccc(C)cc4c3=O)nc12. The molecule has 1 N–H and O–H groups in total. The summed E-state index contributed by atoms with van der Waals surface area (Å²) < 4.78 is 12.4. The summed E-state index contributed by atoms with van der Waals surface area (Å²) >= 11 is 0. The fraction of sp³-hybridized carbons (Fsp3) is 0.107. The van der Waals surface area contributed by atoms with Gasteiger partial charge in [0.25, 0.3) is 0 Å². The van der Waals surface area contributed by atoms with E-state index in [4.69, 9.17) is 9.15 Å². The number of fused-ring (bicyclic) bond motifs is 2. The van der Waals surface area contributed by atoms with Gasteiger partial charge in [-0.25, -0.2) is 4.98 Å². The zero-order chi connectivity index (χ0) is 26.1. The predicted molar refractivity (Wildman–Crippen MR) is 140 cm³/mol. The molecule has 0 atom stereocenters. The van der Waals surface area contributed by atoms with Crippen LogP contribution in [0.3, 0.4) is 0 Å². The summed E-state index contributed by atoms with van der Waals surface area (Å²) in [6.07, 6.45) is 5.24. The Balaban J connectivity index is 1.49. The topological polar surface area (TPSA) is 123 Å². The Kier molecular flexibility index (Phi) is 5.99. The lowest BCUT2D eigenvalue weighted by molar-refractivity contribution is -0.111. The van der Waals surface area contributed by atoms with Crippen molar-refractivity contribution in [2.24, 2.45) is 0 Å². The molecule has 0 aliphatic carbocycles. The van der Waals surface area contributed by atoms with Gasteiger partial charge < -0.3 is 14.5 Å². The van der Waals surface area contributed by atoms with Crippen molar-refractivity contribution < 1.29 is 13.9 Å². The van der Waals surface area contributed by atoms with Crippen LogP contribution >= 0.6 is 0 Å². The third-order valence-electron chi connectivity index (χ3n) is 5.93. The van der Waals surface area contributed by atoms with Crippen molar-refractivity contribution in [3.63, 3.8) is 0 Å². The number of carbonyl (C=O) groups is 1. The summed E-state index contributed by atoms with van der Waals surface area (Å²) in [6.45, 7) is 3.81. The lowest BCUT2D eigenvalue weighted by Crippen LogP contribution is -2.14. The molecule has 0 fully saturated rings. The van der Waals surface area contributed by atoms with Gasteiger partial charge in [-0.2, -0.15) is 15.0 Å². The minimum absolute atomic E-state index is 0.152. The zero-order valence-corrected chi connectivity index (χ0v) is 20.3. The average molecular weight is 492 g/mol. The molecule has 1 amide bonds. The smallest absolute Gasteiger partial charge is 0.249 e. The maximum absolute atomic E-state index is 12.8.